The molecule has 0 fully saturated rings. The van der Waals surface area contributed by atoms with E-state index in [4.69, 9.17) is 28.4 Å². The molecular formula is C35H66O9. The molecule has 9 nitrogen and oxygen atoms in total. The van der Waals surface area contributed by atoms with E-state index in [2.05, 4.69) is 6.92 Å². The Morgan fingerprint density at radius 2 is 1.11 bits per heavy atom. The van der Waals surface area contributed by atoms with Crippen LogP contribution in [-0.2, 0) is 38.0 Å². The van der Waals surface area contributed by atoms with Gasteiger partial charge >= 0.3 is 5.97 Å². The number of aliphatic hydroxyl groups excluding tert-OH is 1. The van der Waals surface area contributed by atoms with Crippen molar-refractivity contribution < 1.29 is 43.1 Å². The first kappa shape index (κ1) is 42.6. The Labute approximate surface area is 268 Å². The number of unbranched alkanes of at least 4 members (excludes halogenated alkanes) is 12. The van der Waals surface area contributed by atoms with Crippen LogP contribution < -0.4 is 0 Å². The number of aliphatic hydroxyl groups is 1. The van der Waals surface area contributed by atoms with Crippen LogP contribution in [0.3, 0.4) is 0 Å². The highest BCUT2D eigenvalue weighted by molar-refractivity contribution is 5.82. The van der Waals surface area contributed by atoms with E-state index in [1.54, 1.807) is 13.2 Å². The number of hydrogen-bond donors (Lipinski definition) is 1. The number of methoxy groups -OCH3 is 1. The number of Topliss-reactive ketones (excluding diaryl/α,β-unsaturated/α-hetero) is 1. The summed E-state index contributed by atoms with van der Waals surface area (Å²) in [5.74, 6) is -0.334. The molecule has 0 bridgehead atoms. The smallest absolute Gasteiger partial charge is 0.306 e. The highest BCUT2D eigenvalue weighted by Crippen LogP contribution is 2.12. The summed E-state index contributed by atoms with van der Waals surface area (Å²) in [6, 6.07) is 0. The van der Waals surface area contributed by atoms with Gasteiger partial charge in [-0.05, 0) is 25.7 Å². The van der Waals surface area contributed by atoms with Gasteiger partial charge in [0.25, 0.3) is 0 Å². The Bertz CT molecular complexity index is 642. The molecule has 0 aromatic carbocycles. The second kappa shape index (κ2) is 36.1. The Hall–Kier alpha value is -1.36. The van der Waals surface area contributed by atoms with Crippen molar-refractivity contribution >= 4 is 11.8 Å². The molecule has 0 aliphatic heterocycles. The Morgan fingerprint density at radius 1 is 0.591 bits per heavy atom. The fraction of sp³-hybridized carbons (Fsp3) is 0.886. The quantitative estimate of drug-likeness (QED) is 0.0456. The number of carbonyl (C=O) groups excluding carboxylic acids is 2. The van der Waals surface area contributed by atoms with Crippen LogP contribution in [0.25, 0.3) is 0 Å². The fourth-order valence-corrected chi connectivity index (χ4v) is 4.44. The first-order chi connectivity index (χ1) is 21.6. The van der Waals surface area contributed by atoms with Crippen molar-refractivity contribution in [1.82, 2.24) is 0 Å². The number of carbonyl (C=O) groups is 2. The summed E-state index contributed by atoms with van der Waals surface area (Å²) in [6.45, 7) is 7.25. The van der Waals surface area contributed by atoms with E-state index < -0.39 is 6.10 Å². The minimum absolute atomic E-state index is 0.0553. The summed E-state index contributed by atoms with van der Waals surface area (Å²) in [4.78, 5) is 24.0. The lowest BCUT2D eigenvalue weighted by atomic mass is 10.1. The van der Waals surface area contributed by atoms with Gasteiger partial charge in [-0.3, -0.25) is 9.59 Å². The average Bonchev–Trinajstić information content (AvgIpc) is 3.02. The monoisotopic (exact) mass is 630 g/mol. The van der Waals surface area contributed by atoms with Gasteiger partial charge in [-0.2, -0.15) is 0 Å². The van der Waals surface area contributed by atoms with Gasteiger partial charge in [0, 0.05) is 33.0 Å². The zero-order valence-corrected chi connectivity index (χ0v) is 28.2. The van der Waals surface area contributed by atoms with Crippen LogP contribution in [0.2, 0.25) is 0 Å². The van der Waals surface area contributed by atoms with Gasteiger partial charge in [0.15, 0.2) is 0 Å². The van der Waals surface area contributed by atoms with Gasteiger partial charge in [0.05, 0.1) is 72.0 Å². The molecule has 0 radical (unpaired) electrons. The average molecular weight is 631 g/mol. The van der Waals surface area contributed by atoms with Gasteiger partial charge < -0.3 is 33.5 Å². The standard InChI is InChI=1S/C35H66O9/c1-3-4-5-6-7-8-9-10-11-12-13-14-15-18-34(37)22-24-44-35(38)21-20-33(36)19-16-17-23-40-27-28-42-31-32-43-30-29-41-26-25-39-2/h15,18,34,37H,3-14,16-17,19-32H2,1-2H3/b18-15+/t34-/m1/s1. The third-order valence-electron chi connectivity index (χ3n) is 7.16. The van der Waals surface area contributed by atoms with Crippen molar-refractivity contribution in [3.8, 4) is 0 Å². The number of allylic oxidation sites excluding steroid dienone is 1. The molecule has 0 amide bonds. The molecule has 1 atom stereocenters. The molecule has 0 heterocycles. The van der Waals surface area contributed by atoms with Crippen molar-refractivity contribution in [2.24, 2.45) is 0 Å². The lowest BCUT2D eigenvalue weighted by molar-refractivity contribution is -0.145. The molecule has 260 valence electrons. The SMILES string of the molecule is CCCCCCCCCCCCC/C=C/[C@@H](O)CCOC(=O)CCC(=O)CCCCOCCOCCOCCOCCOC. The zero-order valence-electron chi connectivity index (χ0n) is 28.2. The maximum Gasteiger partial charge on any atom is 0.306 e. The number of rotatable bonds is 36. The van der Waals surface area contributed by atoms with Crippen LogP contribution in [0.1, 0.15) is 122 Å². The molecular weight excluding hydrogens is 564 g/mol. The number of ether oxygens (including phenoxy) is 6. The summed E-state index contributed by atoms with van der Waals surface area (Å²) in [7, 11) is 1.64. The van der Waals surface area contributed by atoms with Crippen LogP contribution in [0.15, 0.2) is 12.2 Å². The summed E-state index contributed by atoms with van der Waals surface area (Å²) in [5.41, 5.74) is 0. The van der Waals surface area contributed by atoms with E-state index in [0.29, 0.717) is 72.3 Å². The zero-order chi connectivity index (χ0) is 32.2. The van der Waals surface area contributed by atoms with Gasteiger partial charge in [0.2, 0.25) is 0 Å². The first-order valence-electron chi connectivity index (χ1n) is 17.4. The van der Waals surface area contributed by atoms with Gasteiger partial charge in [0.1, 0.15) is 5.78 Å². The van der Waals surface area contributed by atoms with Crippen LogP contribution in [0.4, 0.5) is 0 Å². The molecule has 44 heavy (non-hydrogen) atoms. The molecule has 0 unspecified atom stereocenters. The van der Waals surface area contributed by atoms with Crippen LogP contribution in [-0.4, -0.2) is 96.1 Å². The molecule has 0 saturated carbocycles. The Balaban J connectivity index is 3.43. The number of hydrogen-bond acceptors (Lipinski definition) is 9. The van der Waals surface area contributed by atoms with E-state index >= 15 is 0 Å². The van der Waals surface area contributed by atoms with Crippen molar-refractivity contribution in [3.05, 3.63) is 12.2 Å². The molecule has 0 saturated heterocycles. The topological polar surface area (TPSA) is 110 Å². The third-order valence-corrected chi connectivity index (χ3v) is 7.16. The van der Waals surface area contributed by atoms with Crippen LogP contribution >= 0.6 is 0 Å². The highest BCUT2D eigenvalue weighted by atomic mass is 16.6. The molecule has 9 heteroatoms. The maximum absolute atomic E-state index is 12.0. The van der Waals surface area contributed by atoms with E-state index in [1.807, 2.05) is 6.08 Å². The summed E-state index contributed by atoms with van der Waals surface area (Å²) in [5, 5.41) is 10.1. The lowest BCUT2D eigenvalue weighted by Crippen LogP contribution is -2.13. The predicted molar refractivity (Wildman–Crippen MR) is 175 cm³/mol. The lowest BCUT2D eigenvalue weighted by Gasteiger charge is -2.08. The Morgan fingerprint density at radius 3 is 1.68 bits per heavy atom. The van der Waals surface area contributed by atoms with Gasteiger partial charge in [-0.25, -0.2) is 0 Å². The van der Waals surface area contributed by atoms with Gasteiger partial charge in [-0.1, -0.05) is 83.3 Å². The summed E-state index contributed by atoms with van der Waals surface area (Å²) >= 11 is 0. The molecule has 0 rings (SSSR count). The molecule has 0 spiro atoms. The molecule has 0 aliphatic rings. The predicted octanol–water partition coefficient (Wildman–Crippen LogP) is 6.77. The Kier molecular flexibility index (Phi) is 35.0. The van der Waals surface area contributed by atoms with Gasteiger partial charge in [-0.15, -0.1) is 0 Å². The molecule has 0 aliphatic carbocycles. The largest absolute Gasteiger partial charge is 0.466 e. The van der Waals surface area contributed by atoms with Crippen molar-refractivity contribution in [3.63, 3.8) is 0 Å². The van der Waals surface area contributed by atoms with E-state index in [1.165, 1.54) is 64.2 Å². The van der Waals surface area contributed by atoms with Crippen molar-refractivity contribution in [2.45, 2.75) is 129 Å². The van der Waals surface area contributed by atoms with E-state index in [9.17, 15) is 14.7 Å². The fourth-order valence-electron chi connectivity index (χ4n) is 4.44. The van der Waals surface area contributed by atoms with Crippen molar-refractivity contribution in [2.75, 3.05) is 73.2 Å². The summed E-state index contributed by atoms with van der Waals surface area (Å²) in [6.07, 6.45) is 21.4. The van der Waals surface area contributed by atoms with Crippen LogP contribution in [0.5, 0.6) is 0 Å². The molecule has 0 aromatic heterocycles. The minimum Gasteiger partial charge on any atom is -0.466 e. The summed E-state index contributed by atoms with van der Waals surface area (Å²) < 4.78 is 31.7. The number of ketones is 1. The normalized spacial score (nSPS) is 12.2. The molecule has 0 aromatic rings. The number of esters is 1. The highest BCUT2D eigenvalue weighted by Gasteiger charge is 2.09. The molecule has 1 N–H and O–H groups in total. The van der Waals surface area contributed by atoms with Crippen molar-refractivity contribution in [1.29, 1.82) is 0 Å². The third kappa shape index (κ3) is 35.1. The minimum atomic E-state index is -0.609. The maximum atomic E-state index is 12.0. The van der Waals surface area contributed by atoms with E-state index in [-0.39, 0.29) is 31.2 Å². The van der Waals surface area contributed by atoms with E-state index in [0.717, 1.165) is 25.7 Å². The first-order valence-corrected chi connectivity index (χ1v) is 17.4. The second-order valence-corrected chi connectivity index (χ2v) is 11.3. The second-order valence-electron chi connectivity index (χ2n) is 11.3. The van der Waals surface area contributed by atoms with Crippen LogP contribution in [0, 0.1) is 0 Å².